The molecule has 168 valence electrons. The van der Waals surface area contributed by atoms with Crippen LogP contribution in [0.2, 0.25) is 0 Å². The van der Waals surface area contributed by atoms with Gasteiger partial charge in [0.15, 0.2) is 23.1 Å². The van der Waals surface area contributed by atoms with Crippen LogP contribution in [0.3, 0.4) is 0 Å². The summed E-state index contributed by atoms with van der Waals surface area (Å²) in [5, 5.41) is 14.3. The second-order valence-electron chi connectivity index (χ2n) is 8.70. The molecule has 3 aromatic rings. The summed E-state index contributed by atoms with van der Waals surface area (Å²) < 4.78 is 14.5. The van der Waals surface area contributed by atoms with Crippen LogP contribution in [-0.4, -0.2) is 60.8 Å². The normalized spacial score (nSPS) is 23.4. The van der Waals surface area contributed by atoms with Gasteiger partial charge in [-0.2, -0.15) is 5.10 Å². The molecule has 9 nitrogen and oxygen atoms in total. The molecule has 0 aromatic carbocycles. The molecule has 10 heteroatoms. The van der Waals surface area contributed by atoms with Crippen LogP contribution in [0, 0.1) is 5.82 Å². The Kier molecular flexibility index (Phi) is 5.59. The molecule has 5 rings (SSSR count). The number of hydrogen-bond acceptors (Lipinski definition) is 6. The van der Waals surface area contributed by atoms with Crippen molar-refractivity contribution in [3.05, 3.63) is 30.3 Å². The zero-order valence-electron chi connectivity index (χ0n) is 18.0. The molecule has 0 radical (unpaired) electrons. The van der Waals surface area contributed by atoms with E-state index in [2.05, 4.69) is 42.7 Å². The van der Waals surface area contributed by atoms with Gasteiger partial charge in [-0.15, -0.1) is 0 Å². The van der Waals surface area contributed by atoms with E-state index in [1.807, 2.05) is 17.0 Å². The molecule has 0 unspecified atom stereocenters. The molecule has 2 aliphatic rings. The highest BCUT2D eigenvalue weighted by atomic mass is 19.1. The van der Waals surface area contributed by atoms with Gasteiger partial charge in [-0.3, -0.25) is 5.10 Å². The average Bonchev–Trinajstić information content (AvgIpc) is 3.42. The standard InChI is InChI=1S/C22H27FN8O/c1-13-5-4-10-31(13)22(32)27-15-7-2-6-14(11-15)26-20-17(23)12-25-21(28-20)18-16-8-3-9-24-19(16)30-29-18/h3,8-9,12-15H,2,4-7,10-11H2,1H3,(H,27,32)(H,24,29,30)(H,25,26,28)/t13-,14+,15-/m1/s1. The molecular weight excluding hydrogens is 411 g/mol. The Balaban J connectivity index is 1.28. The summed E-state index contributed by atoms with van der Waals surface area (Å²) in [7, 11) is 0. The molecule has 1 aliphatic carbocycles. The number of amides is 2. The highest BCUT2D eigenvalue weighted by Gasteiger charge is 2.29. The number of carbonyl (C=O) groups excluding carboxylic acids is 1. The number of aromatic nitrogens is 5. The first kappa shape index (κ1) is 20.6. The number of fused-ring (bicyclic) bond motifs is 1. The lowest BCUT2D eigenvalue weighted by atomic mass is 9.91. The van der Waals surface area contributed by atoms with Crippen molar-refractivity contribution in [1.29, 1.82) is 0 Å². The first-order valence-corrected chi connectivity index (χ1v) is 11.2. The highest BCUT2D eigenvalue weighted by molar-refractivity contribution is 5.88. The molecule has 2 fully saturated rings. The fraction of sp³-hybridized carbons (Fsp3) is 0.500. The van der Waals surface area contributed by atoms with Crippen molar-refractivity contribution >= 4 is 22.9 Å². The van der Waals surface area contributed by atoms with Gasteiger partial charge >= 0.3 is 6.03 Å². The van der Waals surface area contributed by atoms with E-state index in [1.165, 1.54) is 6.20 Å². The maximum absolute atomic E-state index is 14.5. The maximum atomic E-state index is 14.5. The largest absolute Gasteiger partial charge is 0.365 e. The summed E-state index contributed by atoms with van der Waals surface area (Å²) in [5.74, 6) is -0.0271. The summed E-state index contributed by atoms with van der Waals surface area (Å²) in [6.45, 7) is 2.90. The third-order valence-electron chi connectivity index (χ3n) is 6.45. The number of urea groups is 1. The van der Waals surface area contributed by atoms with Crippen molar-refractivity contribution in [1.82, 2.24) is 35.4 Å². The number of nitrogens with one attached hydrogen (secondary N) is 3. The molecule has 3 N–H and O–H groups in total. The van der Waals surface area contributed by atoms with E-state index in [9.17, 15) is 9.18 Å². The van der Waals surface area contributed by atoms with Crippen LogP contribution in [0.5, 0.6) is 0 Å². The molecule has 4 heterocycles. The predicted molar refractivity (Wildman–Crippen MR) is 118 cm³/mol. The molecule has 32 heavy (non-hydrogen) atoms. The summed E-state index contributed by atoms with van der Waals surface area (Å²) in [6, 6.07) is 4.05. The minimum atomic E-state index is -0.510. The second-order valence-corrected chi connectivity index (χ2v) is 8.70. The van der Waals surface area contributed by atoms with Gasteiger partial charge < -0.3 is 15.5 Å². The van der Waals surface area contributed by atoms with Crippen LogP contribution in [-0.2, 0) is 0 Å². The number of anilines is 1. The molecule has 1 saturated carbocycles. The number of rotatable bonds is 4. The number of likely N-dealkylation sites (tertiary alicyclic amines) is 1. The van der Waals surface area contributed by atoms with E-state index >= 15 is 0 Å². The number of hydrogen-bond donors (Lipinski definition) is 3. The van der Waals surface area contributed by atoms with Gasteiger partial charge in [-0.05, 0) is 57.6 Å². The van der Waals surface area contributed by atoms with Crippen molar-refractivity contribution in [2.24, 2.45) is 0 Å². The zero-order chi connectivity index (χ0) is 22.1. The van der Waals surface area contributed by atoms with Crippen LogP contribution in [0.4, 0.5) is 15.0 Å². The monoisotopic (exact) mass is 438 g/mol. The van der Waals surface area contributed by atoms with Gasteiger partial charge in [0.25, 0.3) is 0 Å². The van der Waals surface area contributed by atoms with Gasteiger partial charge in [0.05, 0.1) is 11.6 Å². The van der Waals surface area contributed by atoms with Gasteiger partial charge in [-0.25, -0.2) is 24.1 Å². The Morgan fingerprint density at radius 3 is 2.94 bits per heavy atom. The van der Waals surface area contributed by atoms with Crippen LogP contribution in [0.1, 0.15) is 45.4 Å². The third-order valence-corrected chi connectivity index (χ3v) is 6.45. The molecule has 0 spiro atoms. The van der Waals surface area contributed by atoms with Gasteiger partial charge in [0.2, 0.25) is 0 Å². The lowest BCUT2D eigenvalue weighted by molar-refractivity contribution is 0.187. The first-order chi connectivity index (χ1) is 15.6. The van der Waals surface area contributed by atoms with E-state index in [1.54, 1.807) is 6.20 Å². The van der Waals surface area contributed by atoms with Crippen LogP contribution < -0.4 is 10.6 Å². The molecule has 3 aromatic heterocycles. The fourth-order valence-electron chi connectivity index (χ4n) is 4.75. The number of aromatic amines is 1. The zero-order valence-corrected chi connectivity index (χ0v) is 18.0. The van der Waals surface area contributed by atoms with Crippen molar-refractivity contribution in [2.75, 3.05) is 11.9 Å². The molecule has 1 aliphatic heterocycles. The number of pyridine rings is 1. The Labute approximate surface area is 185 Å². The van der Waals surface area contributed by atoms with Crippen molar-refractivity contribution in [3.63, 3.8) is 0 Å². The van der Waals surface area contributed by atoms with Gasteiger partial charge in [-0.1, -0.05) is 0 Å². The van der Waals surface area contributed by atoms with Crippen molar-refractivity contribution < 1.29 is 9.18 Å². The van der Waals surface area contributed by atoms with E-state index in [-0.39, 0.29) is 30.0 Å². The van der Waals surface area contributed by atoms with Crippen LogP contribution in [0.25, 0.3) is 22.6 Å². The summed E-state index contributed by atoms with van der Waals surface area (Å²) >= 11 is 0. The van der Waals surface area contributed by atoms with E-state index in [0.29, 0.717) is 17.2 Å². The van der Waals surface area contributed by atoms with Crippen molar-refractivity contribution in [3.8, 4) is 11.5 Å². The summed E-state index contributed by atoms with van der Waals surface area (Å²) in [6.07, 6.45) is 8.44. The van der Waals surface area contributed by atoms with Crippen LogP contribution in [0.15, 0.2) is 24.5 Å². The average molecular weight is 439 g/mol. The maximum Gasteiger partial charge on any atom is 0.317 e. The SMILES string of the molecule is C[C@@H]1CCCN1C(=O)N[C@@H]1CCC[C@H](Nc2nc(-c3n[nH]c4ncccc34)ncc2F)C1. The smallest absolute Gasteiger partial charge is 0.317 e. The topological polar surface area (TPSA) is 112 Å². The molecule has 2 amide bonds. The Morgan fingerprint density at radius 2 is 2.09 bits per heavy atom. The van der Waals surface area contributed by atoms with E-state index in [4.69, 9.17) is 0 Å². The van der Waals surface area contributed by atoms with E-state index < -0.39 is 5.82 Å². The highest BCUT2D eigenvalue weighted by Crippen LogP contribution is 2.27. The number of halogens is 1. The lowest BCUT2D eigenvalue weighted by Gasteiger charge is -2.32. The Hall–Kier alpha value is -3.30. The lowest BCUT2D eigenvalue weighted by Crippen LogP contribution is -2.48. The summed E-state index contributed by atoms with van der Waals surface area (Å²) in [4.78, 5) is 27.3. The molecule has 3 atom stereocenters. The number of carbonyl (C=O) groups is 1. The van der Waals surface area contributed by atoms with Gasteiger partial charge in [0, 0.05) is 30.9 Å². The number of nitrogens with zero attached hydrogens (tertiary/aromatic N) is 5. The van der Waals surface area contributed by atoms with Crippen LogP contribution >= 0.6 is 0 Å². The number of H-pyrrole nitrogens is 1. The van der Waals surface area contributed by atoms with Crippen molar-refractivity contribution in [2.45, 2.75) is 63.6 Å². The fourth-order valence-corrected chi connectivity index (χ4v) is 4.75. The third kappa shape index (κ3) is 4.09. The predicted octanol–water partition coefficient (Wildman–Crippen LogP) is 3.47. The Bertz CT molecular complexity index is 1120. The second kappa shape index (κ2) is 8.68. The molecule has 0 bridgehead atoms. The minimum absolute atomic E-state index is 0.00942. The Morgan fingerprint density at radius 1 is 1.22 bits per heavy atom. The van der Waals surface area contributed by atoms with E-state index in [0.717, 1.165) is 50.5 Å². The van der Waals surface area contributed by atoms with Gasteiger partial charge in [0.1, 0.15) is 5.69 Å². The molecular formula is C22H27FN8O. The quantitative estimate of drug-likeness (QED) is 0.575. The molecule has 1 saturated heterocycles. The summed E-state index contributed by atoms with van der Waals surface area (Å²) in [5.41, 5.74) is 1.16. The minimum Gasteiger partial charge on any atom is -0.365 e. The first-order valence-electron chi connectivity index (χ1n) is 11.2.